The second-order valence-corrected chi connectivity index (χ2v) is 3.87. The van der Waals surface area contributed by atoms with Crippen LogP contribution >= 0.6 is 0 Å². The first kappa shape index (κ1) is 11.4. The first-order valence-electron chi connectivity index (χ1n) is 5.29. The molecule has 0 aliphatic carbocycles. The van der Waals surface area contributed by atoms with Crippen LogP contribution in [0.15, 0.2) is 29.4 Å². The molecule has 0 spiro atoms. The predicted octanol–water partition coefficient (Wildman–Crippen LogP) is 2.81. The summed E-state index contributed by atoms with van der Waals surface area (Å²) in [4.78, 5) is 16.1. The van der Waals surface area contributed by atoms with Crippen molar-refractivity contribution in [3.63, 3.8) is 0 Å². The van der Waals surface area contributed by atoms with Crippen molar-refractivity contribution in [2.75, 3.05) is 13.1 Å². The number of carbonyl (C=O) groups excluding carboxylic acids is 1. The van der Waals surface area contributed by atoms with Crippen LogP contribution in [0.2, 0.25) is 0 Å². The average molecular weight is 234 g/mol. The summed E-state index contributed by atoms with van der Waals surface area (Å²) < 4.78 is 13.0. The van der Waals surface area contributed by atoms with Crippen molar-refractivity contribution in [2.45, 2.75) is 12.6 Å². The molecule has 0 radical (unpaired) electrons. The van der Waals surface area contributed by atoms with E-state index in [9.17, 15) is 9.18 Å². The summed E-state index contributed by atoms with van der Waals surface area (Å²) in [5.41, 5.74) is 9.18. The zero-order chi connectivity index (χ0) is 12.3. The highest BCUT2D eigenvalue weighted by molar-refractivity contribution is 5.94. The van der Waals surface area contributed by atoms with E-state index in [1.165, 1.54) is 4.90 Å². The second-order valence-electron chi connectivity index (χ2n) is 3.87. The third-order valence-corrected chi connectivity index (χ3v) is 2.69. The van der Waals surface area contributed by atoms with Crippen LogP contribution in [-0.4, -0.2) is 30.1 Å². The normalized spacial score (nSPS) is 18.9. The van der Waals surface area contributed by atoms with Crippen LogP contribution in [0, 0.1) is 0 Å². The molecule has 5 nitrogen and oxygen atoms in total. The van der Waals surface area contributed by atoms with Gasteiger partial charge in [0.2, 0.25) is 0 Å². The van der Waals surface area contributed by atoms with E-state index >= 15 is 0 Å². The van der Waals surface area contributed by atoms with Crippen molar-refractivity contribution < 1.29 is 9.18 Å². The number of likely N-dealkylation sites (tertiary alicyclic amines) is 1. The summed E-state index contributed by atoms with van der Waals surface area (Å²) in [7, 11) is 0. The number of rotatable bonds is 2. The number of halogens is 1. The van der Waals surface area contributed by atoms with Crippen molar-refractivity contribution in [1.29, 1.82) is 0 Å². The fourth-order valence-electron chi connectivity index (χ4n) is 1.81. The van der Waals surface area contributed by atoms with Crippen LogP contribution in [0.1, 0.15) is 16.8 Å². The Hall–Kier alpha value is -2.07. The molecule has 1 saturated heterocycles. The monoisotopic (exact) mass is 234 g/mol. The summed E-state index contributed by atoms with van der Waals surface area (Å²) in [6.07, 6.45) is -0.510. The van der Waals surface area contributed by atoms with Gasteiger partial charge >= 0.3 is 0 Å². The van der Waals surface area contributed by atoms with Gasteiger partial charge in [-0.05, 0) is 24.1 Å². The Morgan fingerprint density at radius 3 is 2.71 bits per heavy atom. The van der Waals surface area contributed by atoms with Gasteiger partial charge in [0.05, 0.1) is 6.54 Å². The van der Waals surface area contributed by atoms with E-state index in [1.54, 1.807) is 24.3 Å². The van der Waals surface area contributed by atoms with Crippen molar-refractivity contribution in [3.8, 4) is 0 Å². The standard InChI is InChI=1S/C11H11FN4O/c12-9-5-6-16(7-9)11(17)8-1-3-10(4-2-8)14-15-13/h1-4,9H,5-7H2. The minimum absolute atomic E-state index is 0.164. The Morgan fingerprint density at radius 2 is 2.18 bits per heavy atom. The molecule has 1 amide bonds. The first-order valence-corrected chi connectivity index (χ1v) is 5.29. The van der Waals surface area contributed by atoms with E-state index in [0.717, 1.165) is 0 Å². The maximum atomic E-state index is 13.0. The maximum Gasteiger partial charge on any atom is 0.253 e. The van der Waals surface area contributed by atoms with E-state index < -0.39 is 6.17 Å². The quantitative estimate of drug-likeness (QED) is 0.440. The molecule has 1 fully saturated rings. The summed E-state index contributed by atoms with van der Waals surface area (Å²) in [5.74, 6) is -0.183. The maximum absolute atomic E-state index is 13.0. The summed E-state index contributed by atoms with van der Waals surface area (Å²) in [6, 6.07) is 6.29. The van der Waals surface area contributed by atoms with E-state index in [1.807, 2.05) is 0 Å². The van der Waals surface area contributed by atoms with E-state index in [4.69, 9.17) is 5.53 Å². The van der Waals surface area contributed by atoms with Gasteiger partial charge in [-0.25, -0.2) is 4.39 Å². The smallest absolute Gasteiger partial charge is 0.253 e. The first-order chi connectivity index (χ1) is 8.20. The Kier molecular flexibility index (Phi) is 3.25. The predicted molar refractivity (Wildman–Crippen MR) is 60.7 cm³/mol. The zero-order valence-electron chi connectivity index (χ0n) is 9.08. The third-order valence-electron chi connectivity index (χ3n) is 2.69. The number of benzene rings is 1. The van der Waals surface area contributed by atoms with Gasteiger partial charge in [0, 0.05) is 22.7 Å². The van der Waals surface area contributed by atoms with Crippen LogP contribution in [0.25, 0.3) is 10.4 Å². The number of hydrogen-bond donors (Lipinski definition) is 0. The number of alkyl halides is 1. The molecular weight excluding hydrogens is 223 g/mol. The highest BCUT2D eigenvalue weighted by atomic mass is 19.1. The summed E-state index contributed by atoms with van der Waals surface area (Å²) in [6.45, 7) is 0.620. The van der Waals surface area contributed by atoms with Crippen molar-refractivity contribution in [2.24, 2.45) is 5.11 Å². The fraction of sp³-hybridized carbons (Fsp3) is 0.364. The molecule has 0 aromatic heterocycles. The van der Waals surface area contributed by atoms with Gasteiger partial charge in [0.15, 0.2) is 0 Å². The third kappa shape index (κ3) is 2.54. The number of hydrogen-bond acceptors (Lipinski definition) is 2. The number of carbonyl (C=O) groups is 1. The summed E-state index contributed by atoms with van der Waals surface area (Å²) in [5, 5.41) is 3.41. The van der Waals surface area contributed by atoms with Gasteiger partial charge in [-0.2, -0.15) is 0 Å². The molecule has 1 heterocycles. The van der Waals surface area contributed by atoms with Crippen LogP contribution in [0.5, 0.6) is 0 Å². The molecule has 2 rings (SSSR count). The Morgan fingerprint density at radius 1 is 1.47 bits per heavy atom. The van der Waals surface area contributed by atoms with Crippen molar-refractivity contribution in [3.05, 3.63) is 40.3 Å². The SMILES string of the molecule is [N-]=[N+]=Nc1ccc(C(=O)N2CCC(F)C2)cc1. The molecule has 1 aliphatic heterocycles. The highest BCUT2D eigenvalue weighted by Gasteiger charge is 2.26. The van der Waals surface area contributed by atoms with Gasteiger partial charge in [0.25, 0.3) is 5.91 Å². The van der Waals surface area contributed by atoms with Gasteiger partial charge in [-0.3, -0.25) is 4.79 Å². The largest absolute Gasteiger partial charge is 0.336 e. The minimum Gasteiger partial charge on any atom is -0.336 e. The second kappa shape index (κ2) is 4.84. The molecule has 1 unspecified atom stereocenters. The minimum atomic E-state index is -0.915. The lowest BCUT2D eigenvalue weighted by molar-refractivity contribution is 0.0783. The number of nitrogens with zero attached hydrogens (tertiary/aromatic N) is 4. The Bertz CT molecular complexity index is 467. The number of azide groups is 1. The van der Waals surface area contributed by atoms with Crippen LogP contribution in [0.4, 0.5) is 10.1 Å². The summed E-state index contributed by atoms with van der Waals surface area (Å²) >= 11 is 0. The van der Waals surface area contributed by atoms with Gasteiger partial charge in [0.1, 0.15) is 6.17 Å². The molecule has 17 heavy (non-hydrogen) atoms. The van der Waals surface area contributed by atoms with Gasteiger partial charge in [-0.1, -0.05) is 17.2 Å². The van der Waals surface area contributed by atoms with Crippen molar-refractivity contribution in [1.82, 2.24) is 4.90 Å². The van der Waals surface area contributed by atoms with Crippen LogP contribution < -0.4 is 0 Å². The molecular formula is C11H11FN4O. The molecule has 0 N–H and O–H groups in total. The molecule has 1 aromatic carbocycles. The lowest BCUT2D eigenvalue weighted by Gasteiger charge is -2.14. The van der Waals surface area contributed by atoms with E-state index in [2.05, 4.69) is 10.0 Å². The highest BCUT2D eigenvalue weighted by Crippen LogP contribution is 2.18. The van der Waals surface area contributed by atoms with Gasteiger partial charge in [-0.15, -0.1) is 0 Å². The van der Waals surface area contributed by atoms with Crippen LogP contribution in [-0.2, 0) is 0 Å². The molecule has 0 saturated carbocycles. The lowest BCUT2D eigenvalue weighted by Crippen LogP contribution is -2.28. The molecule has 1 aromatic rings. The molecule has 88 valence electrons. The molecule has 0 bridgehead atoms. The van der Waals surface area contributed by atoms with Crippen molar-refractivity contribution >= 4 is 11.6 Å². The molecule has 1 aliphatic rings. The Labute approximate surface area is 97.5 Å². The zero-order valence-corrected chi connectivity index (χ0v) is 9.08. The van der Waals surface area contributed by atoms with Crippen LogP contribution in [0.3, 0.4) is 0 Å². The number of amides is 1. The topological polar surface area (TPSA) is 69.1 Å². The van der Waals surface area contributed by atoms with Gasteiger partial charge < -0.3 is 4.90 Å². The lowest BCUT2D eigenvalue weighted by atomic mass is 10.2. The van der Waals surface area contributed by atoms with E-state index in [-0.39, 0.29) is 12.5 Å². The fourth-order valence-corrected chi connectivity index (χ4v) is 1.81. The molecule has 1 atom stereocenters. The average Bonchev–Trinajstić information content (AvgIpc) is 2.76. The molecule has 6 heteroatoms. The van der Waals surface area contributed by atoms with E-state index in [0.29, 0.717) is 24.2 Å². The Balaban J connectivity index is 2.11.